The maximum absolute atomic E-state index is 12.7. The largest absolute Gasteiger partial charge is 0.352 e. The van der Waals surface area contributed by atoms with Gasteiger partial charge in [0.15, 0.2) is 0 Å². The van der Waals surface area contributed by atoms with Gasteiger partial charge in [-0.3, -0.25) is 9.10 Å². The molecule has 2 aromatic carbocycles. The lowest BCUT2D eigenvalue weighted by Gasteiger charge is -2.20. The Labute approximate surface area is 143 Å². The summed E-state index contributed by atoms with van der Waals surface area (Å²) in [5.41, 5.74) is 0.874. The van der Waals surface area contributed by atoms with Crippen LogP contribution < -0.4 is 9.62 Å². The van der Waals surface area contributed by atoms with Gasteiger partial charge in [0.2, 0.25) is 0 Å². The molecule has 0 bridgehead atoms. The Morgan fingerprint density at radius 3 is 2.38 bits per heavy atom. The molecule has 0 aromatic heterocycles. The second-order valence-corrected chi connectivity index (χ2v) is 7.91. The molecule has 128 valence electrons. The van der Waals surface area contributed by atoms with E-state index in [2.05, 4.69) is 5.32 Å². The van der Waals surface area contributed by atoms with Gasteiger partial charge in [0.1, 0.15) is 0 Å². The first-order chi connectivity index (χ1) is 11.3. The van der Waals surface area contributed by atoms with Gasteiger partial charge < -0.3 is 5.32 Å². The molecule has 0 saturated carbocycles. The molecule has 0 unspecified atom stereocenters. The van der Waals surface area contributed by atoms with Gasteiger partial charge in [-0.25, -0.2) is 8.42 Å². The van der Waals surface area contributed by atoms with E-state index in [9.17, 15) is 13.2 Å². The lowest BCUT2D eigenvalue weighted by atomic mass is 10.1. The smallest absolute Gasteiger partial charge is 0.264 e. The predicted octanol–water partition coefficient (Wildman–Crippen LogP) is 2.90. The number of carbonyl (C=O) groups is 1. The van der Waals surface area contributed by atoms with Gasteiger partial charge in [-0.05, 0) is 36.2 Å². The fourth-order valence-electron chi connectivity index (χ4n) is 2.13. The molecule has 1 N–H and O–H groups in total. The molecule has 0 atom stereocenters. The van der Waals surface area contributed by atoms with Crippen LogP contribution >= 0.6 is 0 Å². The molecule has 5 nitrogen and oxygen atoms in total. The quantitative estimate of drug-likeness (QED) is 0.874. The van der Waals surface area contributed by atoms with Crippen LogP contribution in [-0.2, 0) is 10.0 Å². The zero-order chi connectivity index (χ0) is 17.7. The summed E-state index contributed by atoms with van der Waals surface area (Å²) < 4.78 is 26.5. The van der Waals surface area contributed by atoms with Gasteiger partial charge >= 0.3 is 0 Å². The number of anilines is 1. The van der Waals surface area contributed by atoms with Crippen molar-refractivity contribution in [2.24, 2.45) is 5.92 Å². The standard InChI is InChI=1S/C18H22N2O3S/c1-14(2)13-19-18(21)15-8-7-9-16(12-15)20(3)24(22,23)17-10-5-4-6-11-17/h4-12,14H,13H2,1-3H3,(H,19,21). The van der Waals surface area contributed by atoms with Crippen molar-refractivity contribution in [3.63, 3.8) is 0 Å². The molecule has 0 aliphatic heterocycles. The first-order valence-electron chi connectivity index (χ1n) is 7.74. The minimum atomic E-state index is -3.66. The van der Waals surface area contributed by atoms with E-state index in [1.807, 2.05) is 13.8 Å². The number of nitrogens with one attached hydrogen (secondary N) is 1. The molecular weight excluding hydrogens is 324 g/mol. The summed E-state index contributed by atoms with van der Waals surface area (Å²) in [6.07, 6.45) is 0. The summed E-state index contributed by atoms with van der Waals surface area (Å²) in [4.78, 5) is 12.4. The fourth-order valence-corrected chi connectivity index (χ4v) is 3.34. The van der Waals surface area contributed by atoms with E-state index in [4.69, 9.17) is 0 Å². The SMILES string of the molecule is CC(C)CNC(=O)c1cccc(N(C)S(=O)(=O)c2ccccc2)c1. The van der Waals surface area contributed by atoms with Crippen LogP contribution in [-0.4, -0.2) is 27.9 Å². The number of carbonyl (C=O) groups excluding carboxylic acids is 1. The fraction of sp³-hybridized carbons (Fsp3) is 0.278. The Hall–Kier alpha value is -2.34. The average Bonchev–Trinajstić information content (AvgIpc) is 2.59. The van der Waals surface area contributed by atoms with E-state index in [1.165, 1.54) is 11.4 Å². The average molecular weight is 346 g/mol. The minimum Gasteiger partial charge on any atom is -0.352 e. The van der Waals surface area contributed by atoms with Crippen molar-refractivity contribution in [1.82, 2.24) is 5.32 Å². The third-order valence-corrected chi connectivity index (χ3v) is 5.34. The topological polar surface area (TPSA) is 66.5 Å². The molecule has 0 spiro atoms. The summed E-state index contributed by atoms with van der Waals surface area (Å²) in [7, 11) is -2.18. The summed E-state index contributed by atoms with van der Waals surface area (Å²) in [6.45, 7) is 4.59. The van der Waals surface area contributed by atoms with Crippen LogP contribution in [0.2, 0.25) is 0 Å². The van der Waals surface area contributed by atoms with Crippen molar-refractivity contribution >= 4 is 21.6 Å². The van der Waals surface area contributed by atoms with Gasteiger partial charge in [0.05, 0.1) is 10.6 Å². The summed E-state index contributed by atoms with van der Waals surface area (Å²) in [6, 6.07) is 14.8. The first kappa shape index (κ1) is 18.0. The van der Waals surface area contributed by atoms with E-state index in [0.29, 0.717) is 23.7 Å². The van der Waals surface area contributed by atoms with Crippen LogP contribution in [0.25, 0.3) is 0 Å². The normalized spacial score (nSPS) is 11.3. The highest BCUT2D eigenvalue weighted by molar-refractivity contribution is 7.92. The number of benzene rings is 2. The van der Waals surface area contributed by atoms with E-state index >= 15 is 0 Å². The van der Waals surface area contributed by atoms with Gasteiger partial charge in [-0.2, -0.15) is 0 Å². The Balaban J connectivity index is 2.26. The molecule has 0 saturated heterocycles. The first-order valence-corrected chi connectivity index (χ1v) is 9.18. The number of rotatable bonds is 6. The molecule has 0 aliphatic carbocycles. The zero-order valence-electron chi connectivity index (χ0n) is 14.1. The van der Waals surface area contributed by atoms with Crippen molar-refractivity contribution in [1.29, 1.82) is 0 Å². The maximum Gasteiger partial charge on any atom is 0.264 e. The predicted molar refractivity (Wildman–Crippen MR) is 95.6 cm³/mol. The Bertz CT molecular complexity index is 802. The van der Waals surface area contributed by atoms with Crippen molar-refractivity contribution < 1.29 is 13.2 Å². The van der Waals surface area contributed by atoms with Crippen LogP contribution in [0.1, 0.15) is 24.2 Å². The van der Waals surface area contributed by atoms with Crippen LogP contribution in [0, 0.1) is 5.92 Å². The van der Waals surface area contributed by atoms with E-state index < -0.39 is 10.0 Å². The third kappa shape index (κ3) is 4.14. The Morgan fingerprint density at radius 2 is 1.75 bits per heavy atom. The lowest BCUT2D eigenvalue weighted by Crippen LogP contribution is -2.29. The molecule has 0 aliphatic rings. The van der Waals surface area contributed by atoms with Crippen molar-refractivity contribution in [3.8, 4) is 0 Å². The molecule has 0 fully saturated rings. The molecule has 0 heterocycles. The number of amides is 1. The minimum absolute atomic E-state index is 0.210. The van der Waals surface area contributed by atoms with E-state index in [1.54, 1.807) is 54.6 Å². The maximum atomic E-state index is 12.7. The lowest BCUT2D eigenvalue weighted by molar-refractivity contribution is 0.0949. The van der Waals surface area contributed by atoms with Crippen LogP contribution in [0.3, 0.4) is 0 Å². The van der Waals surface area contributed by atoms with Gasteiger partial charge in [0.25, 0.3) is 15.9 Å². The molecular formula is C18H22N2O3S. The highest BCUT2D eigenvalue weighted by Gasteiger charge is 2.21. The van der Waals surface area contributed by atoms with Gasteiger partial charge in [-0.1, -0.05) is 38.1 Å². The van der Waals surface area contributed by atoms with E-state index in [-0.39, 0.29) is 10.8 Å². The summed E-state index contributed by atoms with van der Waals surface area (Å²) >= 11 is 0. The molecule has 24 heavy (non-hydrogen) atoms. The van der Waals surface area contributed by atoms with Crippen LogP contribution in [0.4, 0.5) is 5.69 Å². The Kier molecular flexibility index (Phi) is 5.62. The third-order valence-electron chi connectivity index (χ3n) is 3.54. The second kappa shape index (κ2) is 7.49. The summed E-state index contributed by atoms with van der Waals surface area (Å²) in [5.74, 6) is 0.134. The number of nitrogens with zero attached hydrogens (tertiary/aromatic N) is 1. The van der Waals surface area contributed by atoms with Crippen molar-refractivity contribution in [3.05, 3.63) is 60.2 Å². The summed E-state index contributed by atoms with van der Waals surface area (Å²) in [5, 5.41) is 2.83. The molecule has 6 heteroatoms. The zero-order valence-corrected chi connectivity index (χ0v) is 14.9. The number of sulfonamides is 1. The second-order valence-electron chi connectivity index (χ2n) is 5.94. The van der Waals surface area contributed by atoms with Crippen molar-refractivity contribution in [2.45, 2.75) is 18.7 Å². The molecule has 2 rings (SSSR count). The highest BCUT2D eigenvalue weighted by Crippen LogP contribution is 2.22. The van der Waals surface area contributed by atoms with E-state index in [0.717, 1.165) is 0 Å². The number of hydrogen-bond donors (Lipinski definition) is 1. The van der Waals surface area contributed by atoms with Crippen molar-refractivity contribution in [2.75, 3.05) is 17.9 Å². The van der Waals surface area contributed by atoms with Gasteiger partial charge in [0, 0.05) is 19.2 Å². The highest BCUT2D eigenvalue weighted by atomic mass is 32.2. The molecule has 0 radical (unpaired) electrons. The van der Waals surface area contributed by atoms with Crippen LogP contribution in [0.5, 0.6) is 0 Å². The molecule has 1 amide bonds. The van der Waals surface area contributed by atoms with Crippen LogP contribution in [0.15, 0.2) is 59.5 Å². The molecule has 2 aromatic rings. The van der Waals surface area contributed by atoms with Gasteiger partial charge in [-0.15, -0.1) is 0 Å². The Morgan fingerprint density at radius 1 is 1.08 bits per heavy atom. The monoisotopic (exact) mass is 346 g/mol. The number of hydrogen-bond acceptors (Lipinski definition) is 3.